The van der Waals surface area contributed by atoms with Crippen molar-refractivity contribution in [2.75, 3.05) is 0 Å². The summed E-state index contributed by atoms with van der Waals surface area (Å²) in [5.41, 5.74) is 3.95. The molecule has 1 aliphatic rings. The molecule has 0 N–H and O–H groups in total. The molecular formula is C19H18ClN3O. The number of pyridine rings is 1. The second kappa shape index (κ2) is 6.36. The molecule has 122 valence electrons. The van der Waals surface area contributed by atoms with Gasteiger partial charge in [-0.05, 0) is 49.6 Å². The molecule has 2 heterocycles. The summed E-state index contributed by atoms with van der Waals surface area (Å²) in [7, 11) is 0. The van der Waals surface area contributed by atoms with E-state index < -0.39 is 0 Å². The summed E-state index contributed by atoms with van der Waals surface area (Å²) in [4.78, 5) is 9.11. The number of nitrogens with zero attached hydrogens (tertiary/aromatic N) is 3. The van der Waals surface area contributed by atoms with Gasteiger partial charge >= 0.3 is 0 Å². The summed E-state index contributed by atoms with van der Waals surface area (Å²) in [5.74, 6) is 1.63. The van der Waals surface area contributed by atoms with Crippen LogP contribution in [0, 0.1) is 6.92 Å². The minimum Gasteiger partial charge on any atom is -0.334 e. The van der Waals surface area contributed by atoms with Crippen LogP contribution in [0.2, 0.25) is 5.02 Å². The van der Waals surface area contributed by atoms with E-state index in [-0.39, 0.29) is 0 Å². The van der Waals surface area contributed by atoms with Crippen LogP contribution < -0.4 is 0 Å². The van der Waals surface area contributed by atoms with Gasteiger partial charge in [0, 0.05) is 28.4 Å². The Morgan fingerprint density at radius 1 is 1.12 bits per heavy atom. The fourth-order valence-electron chi connectivity index (χ4n) is 3.28. The van der Waals surface area contributed by atoms with E-state index in [1.165, 1.54) is 31.4 Å². The average Bonchev–Trinajstić information content (AvgIpc) is 3.29. The number of benzene rings is 1. The molecule has 3 aromatic rings. The van der Waals surface area contributed by atoms with E-state index in [1.54, 1.807) is 0 Å². The molecule has 4 nitrogen and oxygen atoms in total. The van der Waals surface area contributed by atoms with Crippen LogP contribution in [-0.2, 0) is 0 Å². The number of rotatable bonds is 3. The lowest BCUT2D eigenvalue weighted by molar-refractivity contribution is 0.432. The predicted octanol–water partition coefficient (Wildman–Crippen LogP) is 5.42. The smallest absolute Gasteiger partial charge is 0.259 e. The molecule has 0 aliphatic heterocycles. The fourth-order valence-corrected chi connectivity index (χ4v) is 3.45. The zero-order valence-electron chi connectivity index (χ0n) is 13.5. The first-order valence-electron chi connectivity index (χ1n) is 8.27. The van der Waals surface area contributed by atoms with Crippen LogP contribution in [0.25, 0.3) is 22.8 Å². The van der Waals surface area contributed by atoms with Crippen LogP contribution in [0.15, 0.2) is 41.1 Å². The van der Waals surface area contributed by atoms with Gasteiger partial charge in [0.05, 0.1) is 5.56 Å². The first-order valence-corrected chi connectivity index (χ1v) is 8.65. The average molecular weight is 340 g/mol. The van der Waals surface area contributed by atoms with Gasteiger partial charge < -0.3 is 4.52 Å². The molecule has 2 aromatic heterocycles. The highest BCUT2D eigenvalue weighted by Crippen LogP contribution is 2.33. The fraction of sp³-hybridized carbons (Fsp3) is 0.316. The van der Waals surface area contributed by atoms with Crippen molar-refractivity contribution in [3.05, 3.63) is 52.8 Å². The maximum absolute atomic E-state index is 6.07. The Bertz CT molecular complexity index is 851. The lowest BCUT2D eigenvalue weighted by Crippen LogP contribution is -1.95. The molecule has 0 bridgehead atoms. The summed E-state index contributed by atoms with van der Waals surface area (Å²) < 4.78 is 5.42. The SMILES string of the molecule is Cc1ccc(Cl)cc1-c1noc(-c2ccc(C3CCCC3)nc2)n1. The molecular weight excluding hydrogens is 322 g/mol. The van der Waals surface area contributed by atoms with E-state index in [0.717, 1.165) is 16.7 Å². The van der Waals surface area contributed by atoms with Crippen molar-refractivity contribution in [2.45, 2.75) is 38.5 Å². The third-order valence-corrected chi connectivity index (χ3v) is 4.91. The highest BCUT2D eigenvalue weighted by atomic mass is 35.5. The molecule has 0 spiro atoms. The molecule has 0 saturated heterocycles. The molecule has 1 aromatic carbocycles. The third-order valence-electron chi connectivity index (χ3n) is 4.67. The minimum absolute atomic E-state index is 0.481. The van der Waals surface area contributed by atoms with Crippen molar-refractivity contribution in [1.29, 1.82) is 0 Å². The molecule has 5 heteroatoms. The molecule has 4 rings (SSSR count). The summed E-state index contributed by atoms with van der Waals surface area (Å²) in [6.45, 7) is 2.00. The lowest BCUT2D eigenvalue weighted by atomic mass is 10.0. The monoisotopic (exact) mass is 339 g/mol. The van der Waals surface area contributed by atoms with Crippen LogP contribution in [0.1, 0.15) is 42.9 Å². The summed E-state index contributed by atoms with van der Waals surface area (Å²) >= 11 is 6.07. The van der Waals surface area contributed by atoms with Gasteiger partial charge in [-0.1, -0.05) is 35.7 Å². The first-order chi connectivity index (χ1) is 11.7. The molecule has 1 aliphatic carbocycles. The van der Waals surface area contributed by atoms with Gasteiger partial charge in [-0.25, -0.2) is 0 Å². The summed E-state index contributed by atoms with van der Waals surface area (Å²) in [6.07, 6.45) is 6.92. The topological polar surface area (TPSA) is 51.8 Å². The van der Waals surface area contributed by atoms with E-state index in [1.807, 2.05) is 37.4 Å². The third kappa shape index (κ3) is 2.94. The Morgan fingerprint density at radius 2 is 1.96 bits per heavy atom. The van der Waals surface area contributed by atoms with Crippen molar-refractivity contribution in [3.63, 3.8) is 0 Å². The number of halogens is 1. The Balaban J connectivity index is 1.61. The van der Waals surface area contributed by atoms with E-state index in [9.17, 15) is 0 Å². The van der Waals surface area contributed by atoms with Gasteiger partial charge in [0.15, 0.2) is 0 Å². The van der Waals surface area contributed by atoms with Gasteiger partial charge in [-0.2, -0.15) is 4.98 Å². The number of hydrogen-bond acceptors (Lipinski definition) is 4. The van der Waals surface area contributed by atoms with Gasteiger partial charge in [-0.3, -0.25) is 4.98 Å². The molecule has 1 fully saturated rings. The maximum atomic E-state index is 6.07. The van der Waals surface area contributed by atoms with Gasteiger partial charge in [0.2, 0.25) is 5.82 Å². The number of hydrogen-bond donors (Lipinski definition) is 0. The van der Waals surface area contributed by atoms with Gasteiger partial charge in [0.25, 0.3) is 5.89 Å². The standard InChI is InChI=1S/C19H18ClN3O/c1-12-6-8-15(20)10-16(12)18-22-19(24-23-18)14-7-9-17(21-11-14)13-4-2-3-5-13/h6-11,13H,2-5H2,1H3. The van der Waals surface area contributed by atoms with E-state index >= 15 is 0 Å². The first kappa shape index (κ1) is 15.3. The maximum Gasteiger partial charge on any atom is 0.259 e. The highest BCUT2D eigenvalue weighted by Gasteiger charge is 2.19. The van der Waals surface area contributed by atoms with Crippen molar-refractivity contribution in [1.82, 2.24) is 15.1 Å². The van der Waals surface area contributed by atoms with E-state index in [4.69, 9.17) is 16.1 Å². The quantitative estimate of drug-likeness (QED) is 0.639. The Hall–Kier alpha value is -2.20. The molecule has 24 heavy (non-hydrogen) atoms. The Kier molecular flexibility index (Phi) is 4.07. The van der Waals surface area contributed by atoms with Crippen LogP contribution in [-0.4, -0.2) is 15.1 Å². The van der Waals surface area contributed by atoms with Crippen molar-refractivity contribution < 1.29 is 4.52 Å². The zero-order valence-corrected chi connectivity index (χ0v) is 14.3. The minimum atomic E-state index is 0.481. The number of aromatic nitrogens is 3. The van der Waals surface area contributed by atoms with Crippen LogP contribution in [0.4, 0.5) is 0 Å². The molecule has 0 amide bonds. The number of aryl methyl sites for hydroxylation is 1. The van der Waals surface area contributed by atoms with Crippen LogP contribution in [0.3, 0.4) is 0 Å². The van der Waals surface area contributed by atoms with Crippen molar-refractivity contribution in [2.24, 2.45) is 0 Å². The molecule has 0 atom stereocenters. The largest absolute Gasteiger partial charge is 0.334 e. The van der Waals surface area contributed by atoms with E-state index in [0.29, 0.717) is 22.7 Å². The molecule has 0 radical (unpaired) electrons. The summed E-state index contributed by atoms with van der Waals surface area (Å²) in [5, 5.41) is 4.75. The van der Waals surface area contributed by atoms with Crippen molar-refractivity contribution >= 4 is 11.6 Å². The zero-order chi connectivity index (χ0) is 16.5. The van der Waals surface area contributed by atoms with Crippen molar-refractivity contribution in [3.8, 4) is 22.8 Å². The van der Waals surface area contributed by atoms with Crippen LogP contribution >= 0.6 is 11.6 Å². The normalized spacial score (nSPS) is 15.1. The highest BCUT2D eigenvalue weighted by molar-refractivity contribution is 6.30. The Labute approximate surface area is 145 Å². The van der Waals surface area contributed by atoms with Gasteiger partial charge in [0.1, 0.15) is 0 Å². The van der Waals surface area contributed by atoms with Gasteiger partial charge in [-0.15, -0.1) is 0 Å². The van der Waals surface area contributed by atoms with Crippen LogP contribution in [0.5, 0.6) is 0 Å². The lowest BCUT2D eigenvalue weighted by Gasteiger charge is -2.07. The molecule has 1 saturated carbocycles. The summed E-state index contributed by atoms with van der Waals surface area (Å²) in [6, 6.07) is 9.76. The Morgan fingerprint density at radius 3 is 2.71 bits per heavy atom. The molecule has 0 unspecified atom stereocenters. The second-order valence-corrected chi connectivity index (χ2v) is 6.77. The predicted molar refractivity (Wildman–Crippen MR) is 93.9 cm³/mol. The van der Waals surface area contributed by atoms with E-state index in [2.05, 4.69) is 21.2 Å². The second-order valence-electron chi connectivity index (χ2n) is 6.34.